The summed E-state index contributed by atoms with van der Waals surface area (Å²) in [6.07, 6.45) is 5.45. The molecule has 8 heteroatoms. The lowest BCUT2D eigenvalue weighted by Gasteiger charge is -2.10. The van der Waals surface area contributed by atoms with Crippen molar-refractivity contribution < 1.29 is 4.74 Å². The van der Waals surface area contributed by atoms with E-state index in [1.165, 1.54) is 0 Å². The second-order valence-corrected chi connectivity index (χ2v) is 7.14. The third-order valence-corrected chi connectivity index (χ3v) is 5.18. The minimum absolute atomic E-state index is 0.326. The summed E-state index contributed by atoms with van der Waals surface area (Å²) >= 11 is 6.22. The lowest BCUT2D eigenvalue weighted by molar-refractivity contribution is 0.397. The molecule has 0 aliphatic heterocycles. The number of nitrogens with zero attached hydrogens (tertiary/aromatic N) is 4. The number of aryl methyl sites for hydroxylation is 1. The van der Waals surface area contributed by atoms with Crippen LogP contribution in [0.4, 0.5) is 11.4 Å². The summed E-state index contributed by atoms with van der Waals surface area (Å²) in [5.41, 5.74) is 12.4. The number of aromatic nitrogens is 3. The number of aliphatic imine (C=N–C) groups is 1. The molecule has 0 atom stereocenters. The molecule has 0 fully saturated rings. The zero-order chi connectivity index (χ0) is 21.3. The molecule has 3 heterocycles. The maximum atomic E-state index is 6.32. The zero-order valence-corrected chi connectivity index (χ0v) is 17.6. The fourth-order valence-corrected chi connectivity index (χ4v) is 3.52. The predicted octanol–water partition coefficient (Wildman–Crippen LogP) is 4.45. The van der Waals surface area contributed by atoms with Crippen LogP contribution in [0, 0.1) is 6.92 Å². The van der Waals surface area contributed by atoms with Gasteiger partial charge in [0, 0.05) is 36.6 Å². The number of anilines is 1. The highest BCUT2D eigenvalue weighted by atomic mass is 35.5. The lowest BCUT2D eigenvalue weighted by atomic mass is 10.1. The average Bonchev–Trinajstić information content (AvgIpc) is 3.18. The van der Waals surface area contributed by atoms with Crippen LogP contribution in [0.25, 0.3) is 16.6 Å². The fourth-order valence-electron chi connectivity index (χ4n) is 3.34. The Bertz CT molecular complexity index is 1260. The van der Waals surface area contributed by atoms with Gasteiger partial charge in [0.15, 0.2) is 0 Å². The molecule has 152 valence electrons. The van der Waals surface area contributed by atoms with Gasteiger partial charge in [-0.2, -0.15) is 5.10 Å². The largest absolute Gasteiger partial charge is 0.481 e. The van der Waals surface area contributed by atoms with Crippen molar-refractivity contribution in [3.63, 3.8) is 0 Å². The first-order chi connectivity index (χ1) is 14.5. The first kappa shape index (κ1) is 19.7. The number of fused-ring (bicyclic) bond motifs is 1. The molecule has 7 nitrogen and oxygen atoms in total. The maximum Gasteiger partial charge on any atom is 0.213 e. The lowest BCUT2D eigenvalue weighted by Crippen LogP contribution is -2.16. The van der Waals surface area contributed by atoms with Gasteiger partial charge in [0.2, 0.25) is 5.88 Å². The average molecular weight is 421 g/mol. The zero-order valence-electron chi connectivity index (χ0n) is 16.8. The van der Waals surface area contributed by atoms with Crippen LogP contribution in [0.15, 0.2) is 60.0 Å². The highest BCUT2D eigenvalue weighted by molar-refractivity contribution is 6.33. The van der Waals surface area contributed by atoms with Crippen molar-refractivity contribution in [2.24, 2.45) is 10.7 Å². The maximum absolute atomic E-state index is 6.32. The van der Waals surface area contributed by atoms with E-state index in [9.17, 15) is 0 Å². The second kappa shape index (κ2) is 8.04. The molecular weight excluding hydrogens is 400 g/mol. The van der Waals surface area contributed by atoms with Crippen LogP contribution >= 0.6 is 11.6 Å². The summed E-state index contributed by atoms with van der Waals surface area (Å²) in [7, 11) is 3.45. The molecule has 4 aromatic rings. The Morgan fingerprint density at radius 3 is 2.73 bits per heavy atom. The molecule has 3 N–H and O–H groups in total. The molecule has 0 saturated carbocycles. The number of methoxy groups -OCH3 is 1. The van der Waals surface area contributed by atoms with Crippen LogP contribution in [0.5, 0.6) is 5.88 Å². The summed E-state index contributed by atoms with van der Waals surface area (Å²) < 4.78 is 7.01. The van der Waals surface area contributed by atoms with Crippen molar-refractivity contribution in [2.75, 3.05) is 19.5 Å². The minimum Gasteiger partial charge on any atom is -0.481 e. The van der Waals surface area contributed by atoms with Gasteiger partial charge in [0.25, 0.3) is 0 Å². The van der Waals surface area contributed by atoms with Crippen molar-refractivity contribution in [3.8, 4) is 17.0 Å². The number of hydrogen-bond donors (Lipinski definition) is 2. The van der Waals surface area contributed by atoms with Crippen LogP contribution in [-0.2, 0) is 0 Å². The Balaban J connectivity index is 1.82. The van der Waals surface area contributed by atoms with E-state index in [2.05, 4.69) is 20.4 Å². The third-order valence-electron chi connectivity index (χ3n) is 4.86. The molecule has 0 aliphatic rings. The van der Waals surface area contributed by atoms with E-state index in [1.807, 2.05) is 50.5 Å². The van der Waals surface area contributed by atoms with E-state index in [4.69, 9.17) is 22.1 Å². The smallest absolute Gasteiger partial charge is 0.213 e. The summed E-state index contributed by atoms with van der Waals surface area (Å²) in [5.74, 6) is 0.910. The van der Waals surface area contributed by atoms with E-state index in [1.54, 1.807) is 30.1 Å². The summed E-state index contributed by atoms with van der Waals surface area (Å²) in [4.78, 5) is 8.82. The van der Waals surface area contributed by atoms with Crippen LogP contribution in [0.1, 0.15) is 11.1 Å². The number of amidine groups is 1. The summed E-state index contributed by atoms with van der Waals surface area (Å²) in [5, 5.41) is 8.28. The fraction of sp³-hybridized carbons (Fsp3) is 0.136. The van der Waals surface area contributed by atoms with Gasteiger partial charge in [-0.25, -0.2) is 14.5 Å². The van der Waals surface area contributed by atoms with Crippen molar-refractivity contribution in [1.29, 1.82) is 0 Å². The van der Waals surface area contributed by atoms with E-state index < -0.39 is 0 Å². The van der Waals surface area contributed by atoms with Gasteiger partial charge < -0.3 is 15.8 Å². The summed E-state index contributed by atoms with van der Waals surface area (Å²) in [6, 6.07) is 11.3. The Kier molecular flexibility index (Phi) is 5.29. The Morgan fingerprint density at radius 2 is 2.03 bits per heavy atom. The predicted molar refractivity (Wildman–Crippen MR) is 121 cm³/mol. The Morgan fingerprint density at radius 1 is 1.23 bits per heavy atom. The molecular formula is C22H21ClN6O. The van der Waals surface area contributed by atoms with Crippen molar-refractivity contribution in [2.45, 2.75) is 6.92 Å². The number of rotatable bonds is 5. The Hall–Kier alpha value is -3.58. The number of ether oxygens (including phenoxy) is 1. The number of nitrogens with one attached hydrogen (secondary N) is 1. The molecule has 0 unspecified atom stereocenters. The van der Waals surface area contributed by atoms with Gasteiger partial charge >= 0.3 is 0 Å². The third kappa shape index (κ3) is 3.55. The first-order valence-electron chi connectivity index (χ1n) is 9.31. The standard InChI is InChI=1S/C22H21ClN6O/c1-13-8-20(30-3)26-10-15(13)14-9-19-21(25-2)16(11-27-29(19)12-14)22(24)28-18-7-5-4-6-17(18)23/h4-12,25H,1-3H3,(H2,24,28). The SMILES string of the molecule is CNc1c(C(N)=Nc2ccccc2Cl)cnn2cc(-c3cnc(OC)cc3C)cc12. The van der Waals surface area contributed by atoms with Gasteiger partial charge in [-0.3, -0.25) is 0 Å². The summed E-state index contributed by atoms with van der Waals surface area (Å²) in [6.45, 7) is 2.02. The molecule has 0 amide bonds. The molecule has 0 spiro atoms. The first-order valence-corrected chi connectivity index (χ1v) is 9.69. The number of pyridine rings is 1. The van der Waals surface area contributed by atoms with Crippen molar-refractivity contribution >= 4 is 34.3 Å². The molecule has 0 bridgehead atoms. The van der Waals surface area contributed by atoms with Crippen LogP contribution in [0.3, 0.4) is 0 Å². The molecule has 0 aliphatic carbocycles. The van der Waals surface area contributed by atoms with E-state index in [0.717, 1.165) is 27.9 Å². The van der Waals surface area contributed by atoms with Crippen molar-refractivity contribution in [3.05, 3.63) is 71.1 Å². The number of benzene rings is 1. The van der Waals surface area contributed by atoms with E-state index in [0.29, 0.717) is 28.0 Å². The monoisotopic (exact) mass is 420 g/mol. The molecule has 0 radical (unpaired) electrons. The molecule has 30 heavy (non-hydrogen) atoms. The Labute approximate surface area is 179 Å². The number of halogens is 1. The van der Waals surface area contributed by atoms with E-state index >= 15 is 0 Å². The number of nitrogens with two attached hydrogens (primary N) is 1. The van der Waals surface area contributed by atoms with Gasteiger partial charge in [0.1, 0.15) is 5.84 Å². The second-order valence-electron chi connectivity index (χ2n) is 6.73. The van der Waals surface area contributed by atoms with E-state index in [-0.39, 0.29) is 0 Å². The van der Waals surface area contributed by atoms with Gasteiger partial charge in [-0.05, 0) is 30.7 Å². The topological polar surface area (TPSA) is 89.8 Å². The van der Waals surface area contributed by atoms with Gasteiger partial charge in [0.05, 0.1) is 40.8 Å². The van der Waals surface area contributed by atoms with Crippen LogP contribution < -0.4 is 15.8 Å². The molecule has 4 rings (SSSR count). The molecule has 0 saturated heterocycles. The van der Waals surface area contributed by atoms with Gasteiger partial charge in [-0.1, -0.05) is 23.7 Å². The highest BCUT2D eigenvalue weighted by Gasteiger charge is 2.15. The highest BCUT2D eigenvalue weighted by Crippen LogP contribution is 2.31. The molecule has 1 aromatic carbocycles. The van der Waals surface area contributed by atoms with Crippen LogP contribution in [0.2, 0.25) is 5.02 Å². The normalized spacial score (nSPS) is 11.7. The van der Waals surface area contributed by atoms with Crippen LogP contribution in [-0.4, -0.2) is 34.6 Å². The van der Waals surface area contributed by atoms with Gasteiger partial charge in [-0.15, -0.1) is 0 Å². The number of para-hydroxylation sites is 1. The van der Waals surface area contributed by atoms with Crippen molar-refractivity contribution in [1.82, 2.24) is 14.6 Å². The molecule has 3 aromatic heterocycles. The quantitative estimate of drug-likeness (QED) is 0.368. The minimum atomic E-state index is 0.326. The number of hydrogen-bond acceptors (Lipinski definition) is 5.